The zero-order valence-corrected chi connectivity index (χ0v) is 12.4. The van der Waals surface area contributed by atoms with Crippen LogP contribution in [0.15, 0.2) is 12.2 Å². The summed E-state index contributed by atoms with van der Waals surface area (Å²) in [5.74, 6) is 5.27. The van der Waals surface area contributed by atoms with Gasteiger partial charge in [-0.2, -0.15) is 0 Å². The molecule has 4 rings (SSSR count). The first-order valence-electron chi connectivity index (χ1n) is 7.54. The molecular formula is C15H22O2Si. The summed E-state index contributed by atoms with van der Waals surface area (Å²) >= 11 is 0. The molecule has 7 unspecified atom stereocenters. The van der Waals surface area contributed by atoms with Crippen molar-refractivity contribution in [3.8, 4) is 0 Å². The van der Waals surface area contributed by atoms with Crippen molar-refractivity contribution in [2.24, 2.45) is 41.4 Å². The molecule has 7 atom stereocenters. The molecule has 0 heterocycles. The molecule has 4 aliphatic carbocycles. The zero-order chi connectivity index (χ0) is 12.4. The number of allylic oxidation sites excluding steroid dienone is 2. The van der Waals surface area contributed by atoms with Gasteiger partial charge in [0.15, 0.2) is 0 Å². The van der Waals surface area contributed by atoms with E-state index in [2.05, 4.69) is 25.2 Å². The predicted octanol–water partition coefficient (Wildman–Crippen LogP) is 2.61. The Kier molecular flexibility index (Phi) is 2.33. The lowest BCUT2D eigenvalue weighted by molar-refractivity contribution is -0.142. The highest BCUT2D eigenvalue weighted by Gasteiger charge is 2.62. The number of rotatable bonds is 2. The highest BCUT2D eigenvalue weighted by molar-refractivity contribution is 6.50. The quantitative estimate of drug-likeness (QED) is 0.434. The molecule has 0 aromatic carbocycles. The molecule has 0 aliphatic heterocycles. The molecule has 3 saturated carbocycles. The maximum absolute atomic E-state index is 12.2. The van der Waals surface area contributed by atoms with E-state index in [0.717, 1.165) is 36.0 Å². The van der Waals surface area contributed by atoms with Crippen LogP contribution in [0.1, 0.15) is 19.3 Å². The van der Waals surface area contributed by atoms with Crippen molar-refractivity contribution in [2.75, 3.05) is 0 Å². The van der Waals surface area contributed by atoms with E-state index in [4.69, 9.17) is 4.43 Å². The van der Waals surface area contributed by atoms with Gasteiger partial charge in [-0.3, -0.25) is 4.79 Å². The predicted molar refractivity (Wildman–Crippen MR) is 72.4 cm³/mol. The van der Waals surface area contributed by atoms with Gasteiger partial charge in [-0.25, -0.2) is 0 Å². The van der Waals surface area contributed by atoms with Gasteiger partial charge in [0.25, 0.3) is 5.97 Å². The molecule has 0 spiro atoms. The lowest BCUT2D eigenvalue weighted by atomic mass is 9.69. The Morgan fingerprint density at radius 2 is 1.83 bits per heavy atom. The van der Waals surface area contributed by atoms with Gasteiger partial charge in [-0.1, -0.05) is 12.2 Å². The summed E-state index contributed by atoms with van der Waals surface area (Å²) in [7, 11) is -1.22. The van der Waals surface area contributed by atoms with Crippen LogP contribution >= 0.6 is 0 Å². The van der Waals surface area contributed by atoms with Gasteiger partial charge >= 0.3 is 0 Å². The molecule has 0 amide bonds. The Balaban J connectivity index is 1.55. The van der Waals surface area contributed by atoms with E-state index in [1.54, 1.807) is 0 Å². The molecule has 0 radical (unpaired) electrons. The minimum absolute atomic E-state index is 0.148. The van der Waals surface area contributed by atoms with Crippen LogP contribution in [0.25, 0.3) is 0 Å². The number of carbonyl (C=O) groups is 1. The standard InChI is InChI=1S/C15H22O2Si/c1-18(2)17-15(16)12-7-10-6-11(12)14-9-4-3-8(5-9)13(10)14/h3-4,8-14,18H,5-7H2,1-2H3. The molecule has 3 heteroatoms. The van der Waals surface area contributed by atoms with Crippen LogP contribution in [0.4, 0.5) is 0 Å². The highest BCUT2D eigenvalue weighted by Crippen LogP contribution is 2.67. The van der Waals surface area contributed by atoms with Crippen molar-refractivity contribution in [1.82, 2.24) is 0 Å². The summed E-state index contributed by atoms with van der Waals surface area (Å²) in [4.78, 5) is 12.2. The third-order valence-corrected chi connectivity index (χ3v) is 6.63. The first kappa shape index (κ1) is 11.3. The minimum Gasteiger partial charge on any atom is -0.522 e. The summed E-state index contributed by atoms with van der Waals surface area (Å²) < 4.78 is 5.60. The first-order chi connectivity index (χ1) is 8.65. The lowest BCUT2D eigenvalue weighted by Gasteiger charge is -2.36. The number of carbonyl (C=O) groups excluding carboxylic acids is 1. The summed E-state index contributed by atoms with van der Waals surface area (Å²) in [6, 6.07) is 0. The van der Waals surface area contributed by atoms with E-state index >= 15 is 0 Å². The summed E-state index contributed by atoms with van der Waals surface area (Å²) in [6.07, 6.45) is 8.71. The lowest BCUT2D eigenvalue weighted by Crippen LogP contribution is -2.36. The Morgan fingerprint density at radius 1 is 1.11 bits per heavy atom. The van der Waals surface area contributed by atoms with Crippen LogP contribution < -0.4 is 0 Å². The molecule has 0 aromatic heterocycles. The Labute approximate surface area is 111 Å². The SMILES string of the molecule is C[SiH](C)OC(=O)C1CC2CC1C1C3C=CC(C3)C21. The van der Waals surface area contributed by atoms with Gasteiger partial charge in [-0.15, -0.1) is 0 Å². The van der Waals surface area contributed by atoms with E-state index in [1.807, 2.05) is 0 Å². The fourth-order valence-corrected chi connectivity index (χ4v) is 6.25. The molecule has 3 fully saturated rings. The van der Waals surface area contributed by atoms with Crippen LogP contribution in [0.5, 0.6) is 0 Å². The van der Waals surface area contributed by atoms with E-state index in [0.29, 0.717) is 5.92 Å². The maximum Gasteiger partial charge on any atom is 0.295 e. The molecule has 98 valence electrons. The number of fused-ring (bicyclic) bond motifs is 9. The molecule has 4 bridgehead atoms. The van der Waals surface area contributed by atoms with Crippen LogP contribution in [-0.4, -0.2) is 15.0 Å². The van der Waals surface area contributed by atoms with Crippen LogP contribution in [0.3, 0.4) is 0 Å². The largest absolute Gasteiger partial charge is 0.522 e. The highest BCUT2D eigenvalue weighted by atomic mass is 28.3. The number of hydrogen-bond acceptors (Lipinski definition) is 2. The first-order valence-corrected chi connectivity index (χ1v) is 10.3. The second-order valence-corrected chi connectivity index (χ2v) is 9.42. The zero-order valence-electron chi connectivity index (χ0n) is 11.2. The van der Waals surface area contributed by atoms with Gasteiger partial charge in [0, 0.05) is 0 Å². The molecule has 0 aromatic rings. The Bertz CT molecular complexity index is 417. The summed E-state index contributed by atoms with van der Waals surface area (Å²) in [5.41, 5.74) is 0. The van der Waals surface area contributed by atoms with Crippen molar-refractivity contribution in [2.45, 2.75) is 32.4 Å². The van der Waals surface area contributed by atoms with Crippen molar-refractivity contribution in [3.63, 3.8) is 0 Å². The van der Waals surface area contributed by atoms with Crippen molar-refractivity contribution in [1.29, 1.82) is 0 Å². The van der Waals surface area contributed by atoms with Gasteiger partial charge < -0.3 is 4.43 Å². The third kappa shape index (κ3) is 1.37. The Hall–Kier alpha value is -0.573. The van der Waals surface area contributed by atoms with Crippen LogP contribution in [0.2, 0.25) is 13.1 Å². The monoisotopic (exact) mass is 262 g/mol. The minimum atomic E-state index is -1.22. The molecule has 0 saturated heterocycles. The van der Waals surface area contributed by atoms with Crippen LogP contribution in [0, 0.1) is 41.4 Å². The van der Waals surface area contributed by atoms with Crippen molar-refractivity contribution < 1.29 is 9.22 Å². The molecule has 4 aliphatic rings. The third-order valence-electron chi connectivity index (χ3n) is 5.92. The molecule has 0 N–H and O–H groups in total. The van der Waals surface area contributed by atoms with Crippen molar-refractivity contribution >= 4 is 15.0 Å². The fraction of sp³-hybridized carbons (Fsp3) is 0.800. The average molecular weight is 262 g/mol. The van der Waals surface area contributed by atoms with E-state index in [1.165, 1.54) is 12.8 Å². The van der Waals surface area contributed by atoms with E-state index in [-0.39, 0.29) is 11.9 Å². The fourth-order valence-electron chi connectivity index (χ4n) is 5.61. The molecular weight excluding hydrogens is 240 g/mol. The van der Waals surface area contributed by atoms with E-state index in [9.17, 15) is 4.79 Å². The topological polar surface area (TPSA) is 26.3 Å². The Morgan fingerprint density at radius 3 is 2.56 bits per heavy atom. The van der Waals surface area contributed by atoms with Gasteiger partial charge in [-0.05, 0) is 67.9 Å². The average Bonchev–Trinajstić information content (AvgIpc) is 3.06. The molecule has 2 nitrogen and oxygen atoms in total. The number of hydrogen-bond donors (Lipinski definition) is 0. The summed E-state index contributed by atoms with van der Waals surface area (Å²) in [5, 5.41) is 0. The normalized spacial score (nSPS) is 51.2. The van der Waals surface area contributed by atoms with Gasteiger partial charge in [0.05, 0.1) is 5.92 Å². The second kappa shape index (κ2) is 3.72. The van der Waals surface area contributed by atoms with Crippen molar-refractivity contribution in [3.05, 3.63) is 12.2 Å². The smallest absolute Gasteiger partial charge is 0.295 e. The van der Waals surface area contributed by atoms with Crippen LogP contribution in [-0.2, 0) is 9.22 Å². The van der Waals surface area contributed by atoms with E-state index < -0.39 is 9.04 Å². The van der Waals surface area contributed by atoms with Gasteiger partial charge in [0.1, 0.15) is 0 Å². The molecule has 18 heavy (non-hydrogen) atoms. The summed E-state index contributed by atoms with van der Waals surface area (Å²) in [6.45, 7) is 4.18. The van der Waals surface area contributed by atoms with Gasteiger partial charge in [0.2, 0.25) is 9.04 Å². The maximum atomic E-state index is 12.2. The second-order valence-electron chi connectivity index (χ2n) is 7.09.